The molecule has 1 aromatic carbocycles. The fraction of sp³-hybridized carbons (Fsp3) is 0.143. The van der Waals surface area contributed by atoms with Gasteiger partial charge in [-0.25, -0.2) is 4.21 Å². The van der Waals surface area contributed by atoms with Crippen LogP contribution in [0.1, 0.15) is 0 Å². The Morgan fingerprint density at radius 1 is 1.33 bits per heavy atom. The third-order valence-corrected chi connectivity index (χ3v) is 4.45. The van der Waals surface area contributed by atoms with Crippen molar-refractivity contribution in [1.29, 1.82) is 0 Å². The van der Waals surface area contributed by atoms with Crippen LogP contribution in [0, 0.1) is 0 Å². The van der Waals surface area contributed by atoms with Crippen LogP contribution in [-0.4, -0.2) is 9.42 Å². The van der Waals surface area contributed by atoms with Crippen molar-refractivity contribution in [3.63, 3.8) is 0 Å². The molecule has 1 unspecified atom stereocenters. The van der Waals surface area contributed by atoms with Crippen molar-refractivity contribution in [2.24, 2.45) is 3.88 Å². The van der Waals surface area contributed by atoms with Gasteiger partial charge in [-0.2, -0.15) is 0 Å². The average molecular weight is 224 g/mol. The first-order valence-electron chi connectivity index (χ1n) is 3.19. The average Bonchev–Trinajstić information content (AvgIpc) is 2.18. The van der Waals surface area contributed by atoms with E-state index >= 15 is 0 Å². The van der Waals surface area contributed by atoms with E-state index in [1.165, 1.54) is 0 Å². The topological polar surface area (TPSA) is 29.4 Å². The van der Waals surface area contributed by atoms with Crippen LogP contribution in [0.5, 0.6) is 0 Å². The van der Waals surface area contributed by atoms with E-state index < -0.39 is 9.73 Å². The molecule has 2 nitrogen and oxygen atoms in total. The minimum atomic E-state index is -2.59. The Bertz CT molecular complexity index is 357. The van der Waals surface area contributed by atoms with Crippen LogP contribution in [0.25, 0.3) is 0 Å². The van der Waals surface area contributed by atoms with Crippen molar-refractivity contribution in [3.8, 4) is 0 Å². The number of nitrogens with zero attached hydrogens (tertiary/aromatic N) is 1. The van der Waals surface area contributed by atoms with E-state index in [1.807, 2.05) is 6.07 Å². The van der Waals surface area contributed by atoms with E-state index in [-0.39, 0.29) is 5.21 Å². The molecule has 1 aromatic rings. The SMILES string of the molecule is O=S(CCl)(=NCl)c1ccccc1. The Balaban J connectivity index is 3.24. The molecule has 0 amide bonds. The zero-order chi connectivity index (χ0) is 9.03. The van der Waals surface area contributed by atoms with Gasteiger partial charge in [0.1, 0.15) is 14.9 Å². The molecular formula is C7H7Cl2NOS. The molecule has 0 N–H and O–H groups in total. The number of hydrogen-bond acceptors (Lipinski definition) is 2. The van der Waals surface area contributed by atoms with Gasteiger partial charge in [0.05, 0.1) is 0 Å². The third-order valence-electron chi connectivity index (χ3n) is 1.37. The summed E-state index contributed by atoms with van der Waals surface area (Å²) in [5.74, 6) is 0. The highest BCUT2D eigenvalue weighted by atomic mass is 35.5. The molecule has 0 saturated heterocycles. The Hall–Kier alpha value is -0.250. The maximum Gasteiger partial charge on any atom is 0.112 e. The monoisotopic (exact) mass is 223 g/mol. The van der Waals surface area contributed by atoms with Gasteiger partial charge in [-0.3, -0.25) is 0 Å². The fourth-order valence-corrected chi connectivity index (χ4v) is 2.64. The molecule has 66 valence electrons. The zero-order valence-electron chi connectivity index (χ0n) is 6.11. The molecule has 0 radical (unpaired) electrons. The van der Waals surface area contributed by atoms with Crippen LogP contribution < -0.4 is 0 Å². The van der Waals surface area contributed by atoms with Crippen LogP contribution in [0.2, 0.25) is 0 Å². The molecule has 0 aliphatic carbocycles. The van der Waals surface area contributed by atoms with E-state index in [9.17, 15) is 4.21 Å². The van der Waals surface area contributed by atoms with Gasteiger partial charge in [0.2, 0.25) is 0 Å². The molecule has 0 heterocycles. The van der Waals surface area contributed by atoms with Gasteiger partial charge >= 0.3 is 0 Å². The molecule has 0 saturated carbocycles. The van der Waals surface area contributed by atoms with E-state index in [2.05, 4.69) is 3.88 Å². The summed E-state index contributed by atoms with van der Waals surface area (Å²) < 4.78 is 15.0. The van der Waals surface area contributed by atoms with Crippen molar-refractivity contribution in [1.82, 2.24) is 0 Å². The minimum Gasteiger partial charge on any atom is -0.242 e. The quantitative estimate of drug-likeness (QED) is 0.710. The van der Waals surface area contributed by atoms with Gasteiger partial charge in [-0.05, 0) is 12.1 Å². The lowest BCUT2D eigenvalue weighted by Gasteiger charge is -2.02. The highest BCUT2D eigenvalue weighted by molar-refractivity contribution is 7.95. The van der Waals surface area contributed by atoms with Crippen molar-refractivity contribution < 1.29 is 4.21 Å². The molecule has 1 rings (SSSR count). The summed E-state index contributed by atoms with van der Waals surface area (Å²) in [6.07, 6.45) is 0. The van der Waals surface area contributed by atoms with E-state index in [1.54, 1.807) is 24.3 Å². The molecule has 0 fully saturated rings. The van der Waals surface area contributed by atoms with Crippen molar-refractivity contribution in [2.75, 3.05) is 5.21 Å². The summed E-state index contributed by atoms with van der Waals surface area (Å²) in [6, 6.07) is 8.74. The summed E-state index contributed by atoms with van der Waals surface area (Å²) >= 11 is 10.7. The van der Waals surface area contributed by atoms with Crippen LogP contribution in [-0.2, 0) is 9.73 Å². The van der Waals surface area contributed by atoms with Gasteiger partial charge in [-0.15, -0.1) is 15.5 Å². The second-order valence-electron chi connectivity index (χ2n) is 2.13. The number of rotatable bonds is 2. The number of hydrogen-bond donors (Lipinski definition) is 0. The minimum absolute atomic E-state index is 0.0828. The Kier molecular flexibility index (Phi) is 3.38. The van der Waals surface area contributed by atoms with Crippen LogP contribution in [0.4, 0.5) is 0 Å². The predicted octanol–water partition coefficient (Wildman–Crippen LogP) is 2.86. The highest BCUT2D eigenvalue weighted by Gasteiger charge is 2.09. The summed E-state index contributed by atoms with van der Waals surface area (Å²) in [6.45, 7) is 0. The lowest BCUT2D eigenvalue weighted by molar-refractivity contribution is 0.680. The van der Waals surface area contributed by atoms with Crippen molar-refractivity contribution >= 4 is 33.1 Å². The molecule has 0 bridgehead atoms. The maximum atomic E-state index is 11.7. The molecule has 0 spiro atoms. The summed E-state index contributed by atoms with van der Waals surface area (Å²) in [5.41, 5.74) is 0. The first-order chi connectivity index (χ1) is 5.73. The second-order valence-corrected chi connectivity index (χ2v) is 5.31. The smallest absolute Gasteiger partial charge is 0.112 e. The van der Waals surface area contributed by atoms with Crippen LogP contribution in [0.3, 0.4) is 0 Å². The van der Waals surface area contributed by atoms with Crippen LogP contribution >= 0.6 is 23.4 Å². The Labute approximate surface area is 81.8 Å². The van der Waals surface area contributed by atoms with Gasteiger partial charge in [0.25, 0.3) is 0 Å². The standard InChI is InChI=1S/C7H7Cl2NOS/c8-6-12(11,10-9)7-4-2-1-3-5-7/h1-5H,6H2. The number of benzene rings is 1. The summed E-state index contributed by atoms with van der Waals surface area (Å²) in [4.78, 5) is 0.565. The first kappa shape index (κ1) is 9.84. The third kappa shape index (κ3) is 1.91. The van der Waals surface area contributed by atoms with Crippen molar-refractivity contribution in [3.05, 3.63) is 30.3 Å². The highest BCUT2D eigenvalue weighted by Crippen LogP contribution is 2.15. The zero-order valence-corrected chi connectivity index (χ0v) is 8.44. The molecule has 0 aliphatic rings. The van der Waals surface area contributed by atoms with Gasteiger partial charge in [0, 0.05) is 16.7 Å². The van der Waals surface area contributed by atoms with Gasteiger partial charge in [0.15, 0.2) is 0 Å². The first-order valence-corrected chi connectivity index (χ1v) is 5.75. The van der Waals surface area contributed by atoms with E-state index in [0.717, 1.165) is 0 Å². The molecule has 5 heteroatoms. The predicted molar refractivity (Wildman–Crippen MR) is 51.9 cm³/mol. The molecule has 1 atom stereocenters. The van der Waals surface area contributed by atoms with Gasteiger partial charge < -0.3 is 0 Å². The largest absolute Gasteiger partial charge is 0.242 e. The number of halogens is 2. The number of alkyl halides is 1. The fourth-order valence-electron chi connectivity index (χ4n) is 0.754. The van der Waals surface area contributed by atoms with E-state index in [4.69, 9.17) is 23.4 Å². The van der Waals surface area contributed by atoms with Crippen molar-refractivity contribution in [2.45, 2.75) is 4.90 Å². The molecule has 12 heavy (non-hydrogen) atoms. The lowest BCUT2D eigenvalue weighted by Crippen LogP contribution is -1.99. The van der Waals surface area contributed by atoms with E-state index in [0.29, 0.717) is 4.90 Å². The lowest BCUT2D eigenvalue weighted by atomic mass is 10.4. The maximum absolute atomic E-state index is 11.7. The summed E-state index contributed by atoms with van der Waals surface area (Å²) in [5, 5.41) is -0.0828. The molecule has 0 aliphatic heterocycles. The molecular weight excluding hydrogens is 217 g/mol. The Morgan fingerprint density at radius 2 is 1.92 bits per heavy atom. The van der Waals surface area contributed by atoms with Crippen LogP contribution in [0.15, 0.2) is 39.1 Å². The summed E-state index contributed by atoms with van der Waals surface area (Å²) in [7, 11) is -2.59. The molecule has 0 aromatic heterocycles. The Morgan fingerprint density at radius 3 is 2.33 bits per heavy atom. The second kappa shape index (κ2) is 4.12. The van der Waals surface area contributed by atoms with Gasteiger partial charge in [-0.1, -0.05) is 18.2 Å². The normalized spacial score (nSPS) is 15.2.